The summed E-state index contributed by atoms with van der Waals surface area (Å²) in [4.78, 5) is 24.5. The zero-order chi connectivity index (χ0) is 20.5. The van der Waals surface area contributed by atoms with E-state index in [-0.39, 0.29) is 17.9 Å². The molecule has 28 heavy (non-hydrogen) atoms. The topological polar surface area (TPSA) is 67.4 Å². The van der Waals surface area contributed by atoms with Crippen molar-refractivity contribution >= 4 is 29.5 Å². The third-order valence-corrected chi connectivity index (χ3v) is 4.54. The number of ether oxygens (including phenoxy) is 1. The van der Waals surface area contributed by atoms with Crippen molar-refractivity contribution in [2.24, 2.45) is 0 Å². The number of rotatable bonds is 8. The maximum atomic E-state index is 12.4. The van der Waals surface area contributed by atoms with E-state index in [0.717, 1.165) is 23.3 Å². The predicted octanol–water partition coefficient (Wildman–Crippen LogP) is 4.13. The SMILES string of the molecule is CCC(NC(=O)C(C)NC(=O)/C=C/c1ccc(OC)cc1)c1ccc(Cl)cc1. The first-order valence-electron chi connectivity index (χ1n) is 9.11. The van der Waals surface area contributed by atoms with E-state index in [1.54, 1.807) is 32.2 Å². The Morgan fingerprint density at radius 3 is 2.29 bits per heavy atom. The van der Waals surface area contributed by atoms with E-state index in [0.29, 0.717) is 5.02 Å². The van der Waals surface area contributed by atoms with E-state index in [2.05, 4.69) is 10.6 Å². The van der Waals surface area contributed by atoms with Gasteiger partial charge in [0.15, 0.2) is 0 Å². The van der Waals surface area contributed by atoms with Gasteiger partial charge in [0, 0.05) is 11.1 Å². The van der Waals surface area contributed by atoms with Crippen LogP contribution in [0.1, 0.15) is 37.4 Å². The molecule has 2 rings (SSSR count). The molecule has 0 aromatic heterocycles. The Labute approximate surface area is 170 Å². The highest BCUT2D eigenvalue weighted by atomic mass is 35.5. The molecule has 0 aliphatic rings. The molecule has 2 atom stereocenters. The summed E-state index contributed by atoms with van der Waals surface area (Å²) in [6.45, 7) is 3.64. The zero-order valence-electron chi connectivity index (χ0n) is 16.2. The summed E-state index contributed by atoms with van der Waals surface area (Å²) in [6, 6.07) is 13.9. The lowest BCUT2D eigenvalue weighted by molar-refractivity contribution is -0.127. The minimum Gasteiger partial charge on any atom is -0.497 e. The number of amides is 2. The van der Waals surface area contributed by atoms with Crippen molar-refractivity contribution in [2.45, 2.75) is 32.4 Å². The molecule has 2 amide bonds. The molecule has 0 spiro atoms. The Kier molecular flexibility index (Phi) is 8.08. The number of carbonyl (C=O) groups is 2. The monoisotopic (exact) mass is 400 g/mol. The molecule has 148 valence electrons. The summed E-state index contributed by atoms with van der Waals surface area (Å²) in [5.41, 5.74) is 1.83. The smallest absolute Gasteiger partial charge is 0.244 e. The van der Waals surface area contributed by atoms with Crippen LogP contribution in [0, 0.1) is 0 Å². The van der Waals surface area contributed by atoms with Gasteiger partial charge in [0.05, 0.1) is 13.2 Å². The highest BCUT2D eigenvalue weighted by Crippen LogP contribution is 2.19. The fourth-order valence-corrected chi connectivity index (χ4v) is 2.75. The number of methoxy groups -OCH3 is 1. The number of hydrogen-bond acceptors (Lipinski definition) is 3. The quantitative estimate of drug-likeness (QED) is 0.654. The molecule has 0 saturated carbocycles. The van der Waals surface area contributed by atoms with E-state index >= 15 is 0 Å². The molecule has 0 radical (unpaired) electrons. The average Bonchev–Trinajstić information content (AvgIpc) is 2.71. The summed E-state index contributed by atoms with van der Waals surface area (Å²) >= 11 is 5.91. The van der Waals surface area contributed by atoms with E-state index in [4.69, 9.17) is 16.3 Å². The van der Waals surface area contributed by atoms with Crippen molar-refractivity contribution in [3.63, 3.8) is 0 Å². The van der Waals surface area contributed by atoms with Crippen LogP contribution in [0.15, 0.2) is 54.6 Å². The van der Waals surface area contributed by atoms with Gasteiger partial charge in [-0.3, -0.25) is 9.59 Å². The van der Waals surface area contributed by atoms with Crippen LogP contribution in [0.3, 0.4) is 0 Å². The van der Waals surface area contributed by atoms with Crippen LogP contribution in [0.4, 0.5) is 0 Å². The van der Waals surface area contributed by atoms with Crippen LogP contribution in [0.2, 0.25) is 5.02 Å². The second-order valence-electron chi connectivity index (χ2n) is 6.36. The average molecular weight is 401 g/mol. The zero-order valence-corrected chi connectivity index (χ0v) is 17.0. The van der Waals surface area contributed by atoms with Gasteiger partial charge in [-0.2, -0.15) is 0 Å². The number of halogens is 1. The van der Waals surface area contributed by atoms with E-state index in [9.17, 15) is 9.59 Å². The molecule has 2 N–H and O–H groups in total. The molecule has 5 nitrogen and oxygen atoms in total. The molecule has 2 unspecified atom stereocenters. The molecular formula is C22H25ClN2O3. The number of nitrogens with one attached hydrogen (secondary N) is 2. The first-order chi connectivity index (χ1) is 13.4. The summed E-state index contributed by atoms with van der Waals surface area (Å²) in [7, 11) is 1.60. The lowest BCUT2D eigenvalue weighted by atomic mass is 10.0. The number of benzene rings is 2. The van der Waals surface area contributed by atoms with Crippen LogP contribution in [-0.2, 0) is 9.59 Å². The van der Waals surface area contributed by atoms with Crippen molar-refractivity contribution in [3.05, 3.63) is 70.8 Å². The minimum absolute atomic E-state index is 0.140. The van der Waals surface area contributed by atoms with Gasteiger partial charge in [0.2, 0.25) is 11.8 Å². The van der Waals surface area contributed by atoms with Crippen molar-refractivity contribution in [1.29, 1.82) is 0 Å². The molecule has 0 fully saturated rings. The van der Waals surface area contributed by atoms with Crippen LogP contribution >= 0.6 is 11.6 Å². The van der Waals surface area contributed by atoms with Gasteiger partial charge >= 0.3 is 0 Å². The second kappa shape index (κ2) is 10.5. The third-order valence-electron chi connectivity index (χ3n) is 4.29. The fourth-order valence-electron chi connectivity index (χ4n) is 2.63. The summed E-state index contributed by atoms with van der Waals surface area (Å²) < 4.78 is 5.10. The minimum atomic E-state index is -0.658. The normalized spacial score (nSPS) is 13.0. The Morgan fingerprint density at radius 2 is 1.71 bits per heavy atom. The first kappa shape index (κ1) is 21.5. The highest BCUT2D eigenvalue weighted by Gasteiger charge is 2.18. The van der Waals surface area contributed by atoms with Gasteiger partial charge in [-0.1, -0.05) is 42.8 Å². The highest BCUT2D eigenvalue weighted by molar-refractivity contribution is 6.30. The van der Waals surface area contributed by atoms with Crippen molar-refractivity contribution < 1.29 is 14.3 Å². The van der Waals surface area contributed by atoms with Crippen molar-refractivity contribution in [1.82, 2.24) is 10.6 Å². The largest absolute Gasteiger partial charge is 0.497 e. The fraction of sp³-hybridized carbons (Fsp3) is 0.273. The van der Waals surface area contributed by atoms with Crippen LogP contribution < -0.4 is 15.4 Å². The Bertz CT molecular complexity index is 817. The molecule has 0 bridgehead atoms. The van der Waals surface area contributed by atoms with Gasteiger partial charge in [0.1, 0.15) is 11.8 Å². The molecule has 0 saturated heterocycles. The van der Waals surface area contributed by atoms with Gasteiger partial charge in [-0.15, -0.1) is 0 Å². The summed E-state index contributed by atoms with van der Waals surface area (Å²) in [5, 5.41) is 6.29. The predicted molar refractivity (Wildman–Crippen MR) is 112 cm³/mol. The Balaban J connectivity index is 1.90. The standard InChI is InChI=1S/C22H25ClN2O3/c1-4-20(17-8-10-18(23)11-9-17)25-22(27)15(2)24-21(26)14-7-16-5-12-19(28-3)13-6-16/h5-15,20H,4H2,1-3H3,(H,24,26)(H,25,27)/b14-7+. The van der Waals surface area contributed by atoms with Crippen molar-refractivity contribution in [2.75, 3.05) is 7.11 Å². The van der Waals surface area contributed by atoms with Crippen LogP contribution in [0.5, 0.6) is 5.75 Å². The van der Waals surface area contributed by atoms with Crippen molar-refractivity contribution in [3.8, 4) is 5.75 Å². The van der Waals surface area contributed by atoms with Gasteiger partial charge < -0.3 is 15.4 Å². The lowest BCUT2D eigenvalue weighted by Crippen LogP contribution is -2.45. The number of hydrogen-bond donors (Lipinski definition) is 2. The van der Waals surface area contributed by atoms with E-state index < -0.39 is 6.04 Å². The summed E-state index contributed by atoms with van der Waals surface area (Å²) in [5.74, 6) is 0.170. The van der Waals surface area contributed by atoms with Crippen LogP contribution in [-0.4, -0.2) is 25.0 Å². The Morgan fingerprint density at radius 1 is 1.07 bits per heavy atom. The molecule has 6 heteroatoms. The van der Waals surface area contributed by atoms with Crippen LogP contribution in [0.25, 0.3) is 6.08 Å². The van der Waals surface area contributed by atoms with Gasteiger partial charge in [-0.05, 0) is 54.8 Å². The molecule has 2 aromatic rings. The molecule has 0 aliphatic heterocycles. The molecule has 0 aliphatic carbocycles. The van der Waals surface area contributed by atoms with Gasteiger partial charge in [-0.25, -0.2) is 0 Å². The Hall–Kier alpha value is -2.79. The lowest BCUT2D eigenvalue weighted by Gasteiger charge is -2.20. The number of carbonyl (C=O) groups excluding carboxylic acids is 2. The van der Waals surface area contributed by atoms with E-state index in [1.807, 2.05) is 43.3 Å². The molecular weight excluding hydrogens is 376 g/mol. The van der Waals surface area contributed by atoms with E-state index in [1.165, 1.54) is 6.08 Å². The second-order valence-corrected chi connectivity index (χ2v) is 6.79. The third kappa shape index (κ3) is 6.43. The first-order valence-corrected chi connectivity index (χ1v) is 9.49. The van der Waals surface area contributed by atoms with Gasteiger partial charge in [0.25, 0.3) is 0 Å². The maximum Gasteiger partial charge on any atom is 0.244 e. The summed E-state index contributed by atoms with van der Waals surface area (Å²) in [6.07, 6.45) is 3.81. The maximum absolute atomic E-state index is 12.4. The molecule has 0 heterocycles. The molecule has 2 aromatic carbocycles.